The zero-order chi connectivity index (χ0) is 43.0. The molecule has 0 spiro atoms. The second-order valence-corrected chi connectivity index (χ2v) is 15.0. The summed E-state index contributed by atoms with van der Waals surface area (Å²) in [5, 5.41) is 5.68. The minimum absolute atomic E-state index is 0.0173. The number of likely N-dealkylation sites (N-methyl/N-ethyl adjacent to an activating group) is 1. The summed E-state index contributed by atoms with van der Waals surface area (Å²) in [5.74, 6) is 0.559. The molecule has 59 heavy (non-hydrogen) atoms. The number of hydrogen-bond donors (Lipinski definition) is 4. The number of amides is 3. The Kier molecular flexibility index (Phi) is 14.5. The van der Waals surface area contributed by atoms with Gasteiger partial charge < -0.3 is 39.9 Å². The van der Waals surface area contributed by atoms with Crippen molar-refractivity contribution in [3.8, 4) is 33.9 Å². The van der Waals surface area contributed by atoms with E-state index in [0.717, 1.165) is 12.8 Å². The Labute approximate surface area is 340 Å². The minimum atomic E-state index is -4.75. The lowest BCUT2D eigenvalue weighted by Gasteiger charge is -2.30. The molecule has 2 aliphatic rings. The Morgan fingerprint density at radius 2 is 1.36 bits per heavy atom. The Bertz CT molecular complexity index is 2050. The first kappa shape index (κ1) is 44.3. The summed E-state index contributed by atoms with van der Waals surface area (Å²) >= 11 is 0. The molecule has 4 atom stereocenters. The molecule has 3 amide bonds. The van der Waals surface area contributed by atoms with Crippen LogP contribution in [0.25, 0.3) is 33.9 Å². The van der Waals surface area contributed by atoms with Crippen LogP contribution >= 0.6 is 0 Å². The van der Waals surface area contributed by atoms with Crippen molar-refractivity contribution >= 4 is 24.4 Å². The van der Waals surface area contributed by atoms with Crippen molar-refractivity contribution in [3.05, 3.63) is 60.2 Å². The summed E-state index contributed by atoms with van der Waals surface area (Å²) in [5.41, 5.74) is 0.873. The summed E-state index contributed by atoms with van der Waals surface area (Å²) < 4.78 is 51.7. The Hall–Kier alpha value is -5.85. The molecule has 6 rings (SSSR count). The zero-order valence-corrected chi connectivity index (χ0v) is 34.1. The van der Waals surface area contributed by atoms with E-state index in [9.17, 15) is 27.6 Å². The number of H-pyrrole nitrogens is 2. The average Bonchev–Trinajstić information content (AvgIpc) is 4.06. The number of ether oxygens (including phenoxy) is 2. The molecule has 0 radical (unpaired) electrons. The molecule has 0 bridgehead atoms. The minimum Gasteiger partial charge on any atom is -0.471 e. The van der Waals surface area contributed by atoms with E-state index in [2.05, 4.69) is 50.0 Å². The number of alkyl halides is 3. The van der Waals surface area contributed by atoms with Crippen molar-refractivity contribution in [1.82, 2.24) is 50.3 Å². The molecule has 19 heteroatoms. The SMILES string of the molecule is CNC(C(=O)N1CCC[C@H]1c1ncc(-c2cnc(-c3ccc(-c4nc([C@@H]5CCCN5C(=O)C(NC(=O)OC)C(C)C)[nH]c4C(F)(F)F)cc3)nc2)[nH]1)C(C)C.COC=O. The molecule has 2 unspecified atom stereocenters. The predicted octanol–water partition coefficient (Wildman–Crippen LogP) is 5.68. The number of rotatable bonds is 12. The lowest BCUT2D eigenvalue weighted by molar-refractivity contribution is -0.140. The summed E-state index contributed by atoms with van der Waals surface area (Å²) in [6.45, 7) is 8.89. The molecule has 3 aromatic heterocycles. The fourth-order valence-corrected chi connectivity index (χ4v) is 7.44. The normalized spacial score (nSPS) is 17.7. The Balaban J connectivity index is 0.00000158. The standard InChI is InChI=1S/C38H47F3N10O4.C2H4O2/c1-20(2)28(42-5)35(52)50-15-7-9-26(50)33-45-19-25(46-33)24-17-43-32(44-18-24)23-13-11-22(12-14-23)30-31(38(39,40)41)49-34(47-30)27-10-8-16-51(27)36(53)29(21(3)4)48-37(54)55-6;1-4-2-3/h11-14,17-21,26-29,42H,7-10,15-16H2,1-6H3,(H,45,46)(H,47,49)(H,48,54);2H,1H3/t26-,27-,28?,29?;/m0./s1. The monoisotopic (exact) mass is 824 g/mol. The Morgan fingerprint density at radius 1 is 0.814 bits per heavy atom. The number of nitrogens with one attached hydrogen (secondary N) is 4. The molecule has 4 aromatic rings. The van der Waals surface area contributed by atoms with Gasteiger partial charge in [-0.15, -0.1) is 0 Å². The fourth-order valence-electron chi connectivity index (χ4n) is 7.44. The Morgan fingerprint density at radius 3 is 1.86 bits per heavy atom. The van der Waals surface area contributed by atoms with Gasteiger partial charge in [-0.2, -0.15) is 13.2 Å². The second kappa shape index (κ2) is 19.3. The summed E-state index contributed by atoms with van der Waals surface area (Å²) in [4.78, 5) is 74.9. The number of methoxy groups -OCH3 is 2. The van der Waals surface area contributed by atoms with Crippen molar-refractivity contribution in [2.45, 2.75) is 83.7 Å². The van der Waals surface area contributed by atoms with E-state index in [-0.39, 0.29) is 46.9 Å². The average molecular weight is 825 g/mol. The third kappa shape index (κ3) is 10.1. The largest absolute Gasteiger partial charge is 0.471 e. The van der Waals surface area contributed by atoms with E-state index in [0.29, 0.717) is 60.9 Å². The molecule has 2 fully saturated rings. The number of imidazole rings is 2. The molecule has 318 valence electrons. The van der Waals surface area contributed by atoms with Gasteiger partial charge in [0.15, 0.2) is 5.82 Å². The first-order valence-corrected chi connectivity index (χ1v) is 19.4. The van der Waals surface area contributed by atoms with Crippen LogP contribution in [0, 0.1) is 11.8 Å². The maximum Gasteiger partial charge on any atom is 0.433 e. The van der Waals surface area contributed by atoms with Gasteiger partial charge in [-0.25, -0.2) is 24.7 Å². The summed E-state index contributed by atoms with van der Waals surface area (Å²) in [6.07, 6.45) is 2.10. The van der Waals surface area contributed by atoms with Crippen LogP contribution in [-0.2, 0) is 30.0 Å². The van der Waals surface area contributed by atoms with Crippen molar-refractivity contribution < 1.29 is 41.8 Å². The van der Waals surface area contributed by atoms with Crippen molar-refractivity contribution in [1.29, 1.82) is 0 Å². The van der Waals surface area contributed by atoms with E-state index < -0.39 is 36.0 Å². The maximum atomic E-state index is 14.4. The third-order valence-corrected chi connectivity index (χ3v) is 10.4. The number of benzene rings is 1. The zero-order valence-electron chi connectivity index (χ0n) is 34.1. The van der Waals surface area contributed by atoms with Crippen molar-refractivity contribution in [3.63, 3.8) is 0 Å². The third-order valence-electron chi connectivity index (χ3n) is 10.4. The van der Waals surface area contributed by atoms with Gasteiger partial charge in [-0.1, -0.05) is 52.0 Å². The highest BCUT2D eigenvalue weighted by Gasteiger charge is 2.42. The first-order valence-electron chi connectivity index (χ1n) is 19.4. The van der Waals surface area contributed by atoms with Gasteiger partial charge in [-0.3, -0.25) is 14.4 Å². The number of aromatic amines is 2. The quantitative estimate of drug-likeness (QED) is 0.128. The molecule has 16 nitrogen and oxygen atoms in total. The van der Waals surface area contributed by atoms with Crippen LogP contribution in [-0.4, -0.2) is 111 Å². The van der Waals surface area contributed by atoms with Crippen LogP contribution in [0.1, 0.15) is 82.8 Å². The van der Waals surface area contributed by atoms with Crippen LogP contribution in [0.4, 0.5) is 18.0 Å². The van der Waals surface area contributed by atoms with Gasteiger partial charge in [0.1, 0.15) is 29.1 Å². The first-order chi connectivity index (χ1) is 28.1. The lowest BCUT2D eigenvalue weighted by Crippen LogP contribution is -2.51. The van der Waals surface area contributed by atoms with E-state index in [4.69, 9.17) is 4.79 Å². The number of carbonyl (C=O) groups excluding carboxylic acids is 4. The molecule has 4 N–H and O–H groups in total. The predicted molar refractivity (Wildman–Crippen MR) is 210 cm³/mol. The highest BCUT2D eigenvalue weighted by molar-refractivity contribution is 5.86. The van der Waals surface area contributed by atoms with E-state index in [1.165, 1.54) is 31.3 Å². The summed E-state index contributed by atoms with van der Waals surface area (Å²) in [7, 11) is 4.30. The van der Waals surface area contributed by atoms with E-state index in [1.54, 1.807) is 51.6 Å². The smallest absolute Gasteiger partial charge is 0.433 e. The number of alkyl carbamates (subject to hydrolysis) is 1. The highest BCUT2D eigenvalue weighted by atomic mass is 19.4. The number of halogens is 3. The van der Waals surface area contributed by atoms with Crippen LogP contribution in [0.2, 0.25) is 0 Å². The number of carbonyl (C=O) groups is 4. The molecule has 2 aliphatic heterocycles. The van der Waals surface area contributed by atoms with Crippen molar-refractivity contribution in [2.24, 2.45) is 11.8 Å². The fraction of sp³-hybridized carbons (Fsp3) is 0.500. The van der Waals surface area contributed by atoms with Gasteiger partial charge in [0.25, 0.3) is 6.47 Å². The van der Waals surface area contributed by atoms with Crippen LogP contribution < -0.4 is 10.6 Å². The van der Waals surface area contributed by atoms with Crippen LogP contribution in [0.15, 0.2) is 42.9 Å². The second-order valence-electron chi connectivity index (χ2n) is 15.0. The highest BCUT2D eigenvalue weighted by Crippen LogP contribution is 2.40. The topological polar surface area (TPSA) is 200 Å². The van der Waals surface area contributed by atoms with Gasteiger partial charge in [0.05, 0.1) is 44.2 Å². The molecule has 0 saturated carbocycles. The van der Waals surface area contributed by atoms with Gasteiger partial charge >= 0.3 is 12.3 Å². The molecule has 2 saturated heterocycles. The maximum absolute atomic E-state index is 14.4. The van der Waals surface area contributed by atoms with Gasteiger partial charge in [0.2, 0.25) is 11.8 Å². The number of likely N-dealkylation sites (tertiary alicyclic amines) is 2. The molecule has 0 aliphatic carbocycles. The van der Waals surface area contributed by atoms with Crippen LogP contribution in [0.3, 0.4) is 0 Å². The molecule has 5 heterocycles. The van der Waals surface area contributed by atoms with Gasteiger partial charge in [0, 0.05) is 42.2 Å². The van der Waals surface area contributed by atoms with E-state index in [1.807, 2.05) is 18.7 Å². The number of hydrogen-bond acceptors (Lipinski definition) is 11. The van der Waals surface area contributed by atoms with E-state index >= 15 is 0 Å². The van der Waals surface area contributed by atoms with Crippen LogP contribution in [0.5, 0.6) is 0 Å². The molecular formula is C40H51F3N10O6. The van der Waals surface area contributed by atoms with Crippen molar-refractivity contribution in [2.75, 3.05) is 34.4 Å². The lowest BCUT2D eigenvalue weighted by atomic mass is 10.0. The number of aromatic nitrogens is 6. The molecular weight excluding hydrogens is 773 g/mol. The summed E-state index contributed by atoms with van der Waals surface area (Å²) in [6, 6.07) is 4.21. The van der Waals surface area contributed by atoms with Gasteiger partial charge in [-0.05, 0) is 44.6 Å². The number of nitrogens with zero attached hydrogens (tertiary/aromatic N) is 6. The molecule has 1 aromatic carbocycles.